The van der Waals surface area contributed by atoms with Gasteiger partial charge in [0.25, 0.3) is 5.91 Å². The lowest BCUT2D eigenvalue weighted by Gasteiger charge is -2.12. The number of para-hydroxylation sites is 1. The van der Waals surface area contributed by atoms with Gasteiger partial charge < -0.3 is 10.1 Å². The number of esters is 1. The fourth-order valence-electron chi connectivity index (χ4n) is 3.00. The molecule has 1 heterocycles. The van der Waals surface area contributed by atoms with E-state index in [2.05, 4.69) is 15.5 Å². The molecule has 1 N–H and O–H groups in total. The number of nitrogens with zero attached hydrogens (tertiary/aromatic N) is 3. The summed E-state index contributed by atoms with van der Waals surface area (Å²) in [6, 6.07) is 13.2. The minimum absolute atomic E-state index is 0.0827. The van der Waals surface area contributed by atoms with E-state index >= 15 is 0 Å². The summed E-state index contributed by atoms with van der Waals surface area (Å²) in [4.78, 5) is 25.9. The van der Waals surface area contributed by atoms with Gasteiger partial charge in [0, 0.05) is 5.69 Å². The Morgan fingerprint density at radius 2 is 1.64 bits per heavy atom. The van der Waals surface area contributed by atoms with E-state index in [1.807, 2.05) is 63.2 Å². The summed E-state index contributed by atoms with van der Waals surface area (Å²) in [6.07, 6.45) is 0. The Hall–Kier alpha value is -3.48. The Kier molecular flexibility index (Phi) is 5.54. The molecule has 0 atom stereocenters. The molecule has 144 valence electrons. The molecule has 0 aliphatic heterocycles. The van der Waals surface area contributed by atoms with Gasteiger partial charge >= 0.3 is 5.97 Å². The lowest BCUT2D eigenvalue weighted by molar-refractivity contribution is -0.119. The quantitative estimate of drug-likeness (QED) is 0.689. The summed E-state index contributed by atoms with van der Waals surface area (Å²) in [5, 5.41) is 11.2. The van der Waals surface area contributed by atoms with Crippen LogP contribution in [0.5, 0.6) is 0 Å². The largest absolute Gasteiger partial charge is 0.451 e. The van der Waals surface area contributed by atoms with E-state index in [4.69, 9.17) is 4.74 Å². The van der Waals surface area contributed by atoms with Crippen LogP contribution in [0.4, 0.5) is 5.69 Å². The van der Waals surface area contributed by atoms with E-state index in [1.54, 1.807) is 6.92 Å². The van der Waals surface area contributed by atoms with Crippen LogP contribution in [0.2, 0.25) is 0 Å². The molecular weight excluding hydrogens is 356 g/mol. The molecule has 7 nitrogen and oxygen atoms in total. The SMILES string of the molecule is Cc1cc(C)c(NC(=O)COC(=O)c2nn(-c3ccccc3)nc2C)c(C)c1. The Bertz CT molecular complexity index is 1000. The first-order valence-corrected chi connectivity index (χ1v) is 8.89. The van der Waals surface area contributed by atoms with Crippen molar-refractivity contribution >= 4 is 17.6 Å². The summed E-state index contributed by atoms with van der Waals surface area (Å²) in [6.45, 7) is 7.11. The van der Waals surface area contributed by atoms with Gasteiger partial charge in [0.05, 0.1) is 11.4 Å². The number of hydrogen-bond acceptors (Lipinski definition) is 5. The van der Waals surface area contributed by atoms with Gasteiger partial charge in [0.1, 0.15) is 0 Å². The molecule has 28 heavy (non-hydrogen) atoms. The molecule has 2 aromatic carbocycles. The van der Waals surface area contributed by atoms with E-state index in [-0.39, 0.29) is 5.69 Å². The van der Waals surface area contributed by atoms with Crippen molar-refractivity contribution < 1.29 is 14.3 Å². The molecule has 0 bridgehead atoms. The maximum Gasteiger partial charge on any atom is 0.361 e. The monoisotopic (exact) mass is 378 g/mol. The topological polar surface area (TPSA) is 86.1 Å². The molecular formula is C21H22N4O3. The smallest absolute Gasteiger partial charge is 0.361 e. The molecule has 0 saturated carbocycles. The molecule has 0 saturated heterocycles. The number of rotatable bonds is 5. The van der Waals surface area contributed by atoms with Crippen LogP contribution in [0.1, 0.15) is 32.9 Å². The standard InChI is InChI=1S/C21H22N4O3/c1-13-10-14(2)19(15(3)11-13)22-18(26)12-28-21(27)20-16(4)23-25(24-20)17-8-6-5-7-9-17/h5-11H,12H2,1-4H3,(H,22,26). The predicted octanol–water partition coefficient (Wildman–Crippen LogP) is 3.30. The van der Waals surface area contributed by atoms with Crippen LogP contribution in [0.3, 0.4) is 0 Å². The molecule has 0 fully saturated rings. The van der Waals surface area contributed by atoms with E-state index in [9.17, 15) is 9.59 Å². The normalized spacial score (nSPS) is 10.6. The van der Waals surface area contributed by atoms with Crippen molar-refractivity contribution in [3.8, 4) is 5.69 Å². The number of nitrogens with one attached hydrogen (secondary N) is 1. The zero-order valence-corrected chi connectivity index (χ0v) is 16.3. The molecule has 7 heteroatoms. The van der Waals surface area contributed by atoms with E-state index in [1.165, 1.54) is 4.80 Å². The van der Waals surface area contributed by atoms with Gasteiger partial charge in [-0.25, -0.2) is 4.79 Å². The lowest BCUT2D eigenvalue weighted by atomic mass is 10.1. The number of hydrogen-bond donors (Lipinski definition) is 1. The first-order chi connectivity index (χ1) is 13.3. The van der Waals surface area contributed by atoms with Crippen molar-refractivity contribution in [2.45, 2.75) is 27.7 Å². The minimum atomic E-state index is -0.688. The summed E-state index contributed by atoms with van der Waals surface area (Å²) in [5.41, 5.74) is 5.01. The highest BCUT2D eigenvalue weighted by atomic mass is 16.5. The zero-order chi connectivity index (χ0) is 20.3. The highest BCUT2D eigenvalue weighted by Gasteiger charge is 2.19. The first kappa shape index (κ1) is 19.3. The molecule has 0 aliphatic rings. The number of carbonyl (C=O) groups is 2. The molecule has 3 rings (SSSR count). The van der Waals surface area contributed by atoms with Crippen LogP contribution >= 0.6 is 0 Å². The molecule has 3 aromatic rings. The molecule has 1 aromatic heterocycles. The summed E-state index contributed by atoms with van der Waals surface area (Å²) in [7, 11) is 0. The van der Waals surface area contributed by atoms with E-state index < -0.39 is 18.5 Å². The fourth-order valence-corrected chi connectivity index (χ4v) is 3.00. The lowest BCUT2D eigenvalue weighted by Crippen LogP contribution is -2.22. The van der Waals surface area contributed by atoms with Crippen LogP contribution in [0.25, 0.3) is 5.69 Å². The van der Waals surface area contributed by atoms with Crippen molar-refractivity contribution in [2.24, 2.45) is 0 Å². The number of anilines is 1. The van der Waals surface area contributed by atoms with Crippen LogP contribution in [-0.2, 0) is 9.53 Å². The fraction of sp³-hybridized carbons (Fsp3) is 0.238. The number of aryl methyl sites for hydroxylation is 4. The highest BCUT2D eigenvalue weighted by Crippen LogP contribution is 2.21. The molecule has 0 aliphatic carbocycles. The number of ether oxygens (including phenoxy) is 1. The average Bonchev–Trinajstić information content (AvgIpc) is 3.05. The average molecular weight is 378 g/mol. The zero-order valence-electron chi connectivity index (χ0n) is 16.3. The van der Waals surface area contributed by atoms with Crippen LogP contribution in [-0.4, -0.2) is 33.5 Å². The second-order valence-corrected chi connectivity index (χ2v) is 6.66. The van der Waals surface area contributed by atoms with Gasteiger partial charge in [-0.05, 0) is 51.0 Å². The van der Waals surface area contributed by atoms with Crippen LogP contribution in [0.15, 0.2) is 42.5 Å². The first-order valence-electron chi connectivity index (χ1n) is 8.89. The van der Waals surface area contributed by atoms with Crippen molar-refractivity contribution in [2.75, 3.05) is 11.9 Å². The maximum absolute atomic E-state index is 12.3. The number of aromatic nitrogens is 3. The van der Waals surface area contributed by atoms with Crippen LogP contribution < -0.4 is 5.32 Å². The Labute approximate surface area is 163 Å². The second-order valence-electron chi connectivity index (χ2n) is 6.66. The predicted molar refractivity (Wildman–Crippen MR) is 106 cm³/mol. The summed E-state index contributed by atoms with van der Waals surface area (Å²) in [5.74, 6) is -1.09. The molecule has 0 spiro atoms. The number of benzene rings is 2. The van der Waals surface area contributed by atoms with E-state index in [0.717, 1.165) is 28.1 Å². The van der Waals surface area contributed by atoms with Gasteiger partial charge in [0.15, 0.2) is 12.3 Å². The molecule has 0 radical (unpaired) electrons. The third-order valence-corrected chi connectivity index (χ3v) is 4.24. The van der Waals surface area contributed by atoms with Crippen molar-refractivity contribution in [3.05, 3.63) is 70.5 Å². The van der Waals surface area contributed by atoms with Crippen LogP contribution in [0, 0.1) is 27.7 Å². The van der Waals surface area contributed by atoms with Gasteiger partial charge in [-0.15, -0.1) is 5.10 Å². The second kappa shape index (κ2) is 8.04. The number of carbonyl (C=O) groups excluding carboxylic acids is 2. The third-order valence-electron chi connectivity index (χ3n) is 4.24. The molecule has 0 unspecified atom stereocenters. The summed E-state index contributed by atoms with van der Waals surface area (Å²) >= 11 is 0. The van der Waals surface area contributed by atoms with E-state index in [0.29, 0.717) is 5.69 Å². The van der Waals surface area contributed by atoms with Crippen molar-refractivity contribution in [1.29, 1.82) is 0 Å². The van der Waals surface area contributed by atoms with Crippen molar-refractivity contribution in [1.82, 2.24) is 15.0 Å². The van der Waals surface area contributed by atoms with Crippen molar-refractivity contribution in [3.63, 3.8) is 0 Å². The van der Waals surface area contributed by atoms with Gasteiger partial charge in [-0.1, -0.05) is 35.9 Å². The van der Waals surface area contributed by atoms with Gasteiger partial charge in [-0.3, -0.25) is 4.79 Å². The van der Waals surface area contributed by atoms with Gasteiger partial charge in [0.2, 0.25) is 0 Å². The minimum Gasteiger partial charge on any atom is -0.451 e. The highest BCUT2D eigenvalue weighted by molar-refractivity contribution is 5.96. The Balaban J connectivity index is 1.65. The molecule has 1 amide bonds. The summed E-state index contributed by atoms with van der Waals surface area (Å²) < 4.78 is 5.13. The third kappa shape index (κ3) is 4.25. The number of amides is 1. The Morgan fingerprint density at radius 1 is 1.00 bits per heavy atom. The van der Waals surface area contributed by atoms with Gasteiger partial charge in [-0.2, -0.15) is 9.90 Å². The maximum atomic E-state index is 12.3. The Morgan fingerprint density at radius 3 is 2.29 bits per heavy atom.